The Morgan fingerprint density at radius 1 is 1.17 bits per heavy atom. The van der Waals surface area contributed by atoms with Gasteiger partial charge in [0.2, 0.25) is 5.88 Å². The number of hydrogen-bond donors (Lipinski definition) is 3. The van der Waals surface area contributed by atoms with E-state index in [1.54, 1.807) is 24.0 Å². The number of ether oxygens (including phenoxy) is 3. The number of rotatable bonds is 12. The molecule has 0 bridgehead atoms. The van der Waals surface area contributed by atoms with Crippen molar-refractivity contribution in [1.29, 1.82) is 0 Å². The number of hydrogen-bond acceptors (Lipinski definition) is 8. The van der Waals surface area contributed by atoms with E-state index in [0.29, 0.717) is 42.9 Å². The quantitative estimate of drug-likeness (QED) is 0.120. The first-order valence-electron chi connectivity index (χ1n) is 13.8. The van der Waals surface area contributed by atoms with E-state index < -0.39 is 5.82 Å². The highest BCUT2D eigenvalue weighted by Crippen LogP contribution is 2.34. The molecule has 1 aliphatic carbocycles. The van der Waals surface area contributed by atoms with Gasteiger partial charge < -0.3 is 31.0 Å². The van der Waals surface area contributed by atoms with Crippen LogP contribution in [0.25, 0.3) is 16.6 Å². The van der Waals surface area contributed by atoms with E-state index in [0.717, 1.165) is 47.2 Å². The number of methoxy groups -OCH3 is 1. The molecule has 5 N–H and O–H groups in total. The summed E-state index contributed by atoms with van der Waals surface area (Å²) in [6.07, 6.45) is 8.07. The van der Waals surface area contributed by atoms with Crippen molar-refractivity contribution in [2.24, 2.45) is 16.5 Å². The van der Waals surface area contributed by atoms with Crippen molar-refractivity contribution < 1.29 is 18.6 Å². The van der Waals surface area contributed by atoms with Crippen LogP contribution in [0.15, 0.2) is 53.9 Å². The molecule has 0 spiro atoms. The molecule has 222 valence electrons. The Hall–Kier alpha value is -3.77. The monoisotopic (exact) mass is 595 g/mol. The van der Waals surface area contributed by atoms with E-state index in [4.69, 9.17) is 37.3 Å². The standard InChI is InChI=1S/C30H35ClFN7O3/c1-18-11-28(42-10-9-41-8-7-40-2)35-15-23(18)19-12-27-29(37-22-5-4-21(33)14-22)24(16-36-39(27)17-19)30(34)38-26-13-20(32)3-6-25(26)31/h3,6,11-13,15-17,21-22,37H,4-5,7-10,14,33H2,1-2H3,(H2,34,38)/t21-,22+/m0/s1. The third-order valence-electron chi connectivity index (χ3n) is 7.19. The average Bonchev–Trinajstić information content (AvgIpc) is 3.58. The van der Waals surface area contributed by atoms with Crippen LogP contribution in [0.3, 0.4) is 0 Å². The van der Waals surface area contributed by atoms with Crippen molar-refractivity contribution in [2.75, 3.05) is 38.9 Å². The second kappa shape index (κ2) is 13.5. The van der Waals surface area contributed by atoms with Gasteiger partial charge in [-0.2, -0.15) is 5.10 Å². The summed E-state index contributed by atoms with van der Waals surface area (Å²) >= 11 is 6.26. The maximum atomic E-state index is 13.9. The summed E-state index contributed by atoms with van der Waals surface area (Å²) in [6, 6.07) is 8.20. The molecule has 0 unspecified atom stereocenters. The molecule has 10 nitrogen and oxygen atoms in total. The first-order chi connectivity index (χ1) is 20.3. The van der Waals surface area contributed by atoms with Gasteiger partial charge in [-0.25, -0.2) is 18.9 Å². The van der Waals surface area contributed by atoms with Gasteiger partial charge >= 0.3 is 0 Å². The second-order valence-electron chi connectivity index (χ2n) is 10.3. The lowest BCUT2D eigenvalue weighted by molar-refractivity contribution is 0.0537. The summed E-state index contributed by atoms with van der Waals surface area (Å²) in [5.74, 6) is 0.233. The molecule has 0 aliphatic heterocycles. The zero-order chi connectivity index (χ0) is 29.6. The molecular formula is C30H35ClFN7O3. The van der Waals surface area contributed by atoms with Crippen LogP contribution >= 0.6 is 11.6 Å². The summed E-state index contributed by atoms with van der Waals surface area (Å²) in [7, 11) is 1.63. The average molecular weight is 596 g/mol. The van der Waals surface area contributed by atoms with Gasteiger partial charge in [0.1, 0.15) is 18.3 Å². The van der Waals surface area contributed by atoms with E-state index in [1.807, 2.05) is 25.3 Å². The fraction of sp³-hybridized carbons (Fsp3) is 0.367. The fourth-order valence-corrected chi connectivity index (χ4v) is 5.18. The largest absolute Gasteiger partial charge is 0.475 e. The van der Waals surface area contributed by atoms with Crippen molar-refractivity contribution >= 4 is 34.3 Å². The SMILES string of the molecule is COCCOCCOc1cc(C)c(-c2cc3c(N[C@@H]4CC[C@H](N)C4)c(/C(N)=N/c4cc(F)ccc4Cl)cnn3c2)cn1. The molecule has 0 amide bonds. The summed E-state index contributed by atoms with van der Waals surface area (Å²) < 4.78 is 31.9. The number of aromatic nitrogens is 3. The van der Waals surface area contributed by atoms with Crippen LogP contribution in [-0.2, 0) is 9.47 Å². The molecule has 0 radical (unpaired) electrons. The van der Waals surface area contributed by atoms with Crippen LogP contribution in [0.4, 0.5) is 15.8 Å². The summed E-state index contributed by atoms with van der Waals surface area (Å²) in [5, 5.41) is 8.55. The third kappa shape index (κ3) is 6.99. The highest BCUT2D eigenvalue weighted by molar-refractivity contribution is 6.33. The van der Waals surface area contributed by atoms with Crippen molar-refractivity contribution in [1.82, 2.24) is 14.6 Å². The van der Waals surface area contributed by atoms with E-state index in [2.05, 4.69) is 20.4 Å². The predicted molar refractivity (Wildman–Crippen MR) is 162 cm³/mol. The van der Waals surface area contributed by atoms with E-state index >= 15 is 0 Å². The number of fused-ring (bicyclic) bond motifs is 1. The Bertz CT molecular complexity index is 1580. The van der Waals surface area contributed by atoms with Gasteiger partial charge in [0.05, 0.1) is 53.5 Å². The van der Waals surface area contributed by atoms with E-state index in [1.165, 1.54) is 18.2 Å². The van der Waals surface area contributed by atoms with Gasteiger partial charge in [0, 0.05) is 54.8 Å². The minimum absolute atomic E-state index is 0.134. The van der Waals surface area contributed by atoms with Crippen molar-refractivity contribution in [2.45, 2.75) is 38.3 Å². The second-order valence-corrected chi connectivity index (χ2v) is 10.7. The molecule has 1 fully saturated rings. The molecule has 3 aromatic heterocycles. The van der Waals surface area contributed by atoms with Crippen LogP contribution in [-0.4, -0.2) is 66.1 Å². The van der Waals surface area contributed by atoms with E-state index in [-0.39, 0.29) is 23.6 Å². The zero-order valence-electron chi connectivity index (χ0n) is 23.6. The highest BCUT2D eigenvalue weighted by Gasteiger charge is 2.25. The summed E-state index contributed by atoms with van der Waals surface area (Å²) in [5.41, 5.74) is 17.9. The Morgan fingerprint density at radius 2 is 2.00 bits per heavy atom. The Kier molecular flexibility index (Phi) is 9.53. The molecule has 42 heavy (non-hydrogen) atoms. The fourth-order valence-electron chi connectivity index (χ4n) is 5.02. The number of halogens is 2. The Labute approximate surface area is 248 Å². The van der Waals surface area contributed by atoms with Gasteiger partial charge in [0.15, 0.2) is 0 Å². The lowest BCUT2D eigenvalue weighted by Crippen LogP contribution is -2.24. The molecule has 1 aliphatic rings. The van der Waals surface area contributed by atoms with Crippen LogP contribution in [0.2, 0.25) is 5.02 Å². The molecule has 2 atom stereocenters. The van der Waals surface area contributed by atoms with Crippen LogP contribution < -0.4 is 21.5 Å². The number of nitrogens with two attached hydrogens (primary N) is 2. The van der Waals surface area contributed by atoms with Gasteiger partial charge in [-0.1, -0.05) is 11.6 Å². The number of aryl methyl sites for hydroxylation is 1. The molecular weight excluding hydrogens is 561 g/mol. The topological polar surface area (TPSA) is 134 Å². The number of nitrogens with zero attached hydrogens (tertiary/aromatic N) is 4. The third-order valence-corrected chi connectivity index (χ3v) is 7.51. The van der Waals surface area contributed by atoms with Crippen LogP contribution in [0.5, 0.6) is 5.88 Å². The van der Waals surface area contributed by atoms with Crippen LogP contribution in [0.1, 0.15) is 30.4 Å². The molecule has 4 aromatic rings. The predicted octanol–water partition coefficient (Wildman–Crippen LogP) is 4.87. The minimum Gasteiger partial charge on any atom is -0.475 e. The molecule has 12 heteroatoms. The smallest absolute Gasteiger partial charge is 0.213 e. The Balaban J connectivity index is 1.46. The summed E-state index contributed by atoms with van der Waals surface area (Å²) in [4.78, 5) is 8.95. The number of anilines is 1. The van der Waals surface area contributed by atoms with Crippen LogP contribution in [0, 0.1) is 12.7 Å². The number of pyridine rings is 1. The molecule has 5 rings (SSSR count). The van der Waals surface area contributed by atoms with Gasteiger partial charge in [-0.3, -0.25) is 0 Å². The van der Waals surface area contributed by atoms with Crippen molar-refractivity contribution in [3.8, 4) is 17.0 Å². The first-order valence-corrected chi connectivity index (χ1v) is 14.2. The highest BCUT2D eigenvalue weighted by atomic mass is 35.5. The van der Waals surface area contributed by atoms with Crippen molar-refractivity contribution in [3.05, 3.63) is 70.9 Å². The number of amidine groups is 1. The molecule has 1 aromatic carbocycles. The minimum atomic E-state index is -0.454. The zero-order valence-corrected chi connectivity index (χ0v) is 24.4. The lowest BCUT2D eigenvalue weighted by atomic mass is 10.1. The van der Waals surface area contributed by atoms with Gasteiger partial charge in [0.25, 0.3) is 0 Å². The van der Waals surface area contributed by atoms with E-state index in [9.17, 15) is 4.39 Å². The lowest BCUT2D eigenvalue weighted by Gasteiger charge is -2.18. The molecule has 3 heterocycles. The Morgan fingerprint density at radius 3 is 2.76 bits per heavy atom. The van der Waals surface area contributed by atoms with Gasteiger partial charge in [-0.15, -0.1) is 0 Å². The number of nitrogens with one attached hydrogen (secondary N) is 1. The van der Waals surface area contributed by atoms with Crippen molar-refractivity contribution in [3.63, 3.8) is 0 Å². The normalized spacial score (nSPS) is 17.2. The first kappa shape index (κ1) is 29.7. The maximum Gasteiger partial charge on any atom is 0.213 e. The summed E-state index contributed by atoms with van der Waals surface area (Å²) in [6.45, 7) is 3.91. The molecule has 0 saturated heterocycles. The maximum absolute atomic E-state index is 13.9. The van der Waals surface area contributed by atoms with Gasteiger partial charge in [-0.05, 0) is 49.9 Å². The molecule has 1 saturated carbocycles. The number of aliphatic imine (C=N–C) groups is 1. The number of benzene rings is 1.